The van der Waals surface area contributed by atoms with E-state index in [4.69, 9.17) is 15.0 Å². The van der Waals surface area contributed by atoms with Gasteiger partial charge in [-0.05, 0) is 49.2 Å². The van der Waals surface area contributed by atoms with Crippen LogP contribution in [-0.2, 0) is 17.9 Å². The molecule has 290 valence electrons. The number of nitro benzene ring substituents is 1. The first-order valence-corrected chi connectivity index (χ1v) is 20.2. The fourth-order valence-electron chi connectivity index (χ4n) is 6.01. The van der Waals surface area contributed by atoms with Gasteiger partial charge in [0.2, 0.25) is 0 Å². The Morgan fingerprint density at radius 3 is 1.89 bits per heavy atom. The summed E-state index contributed by atoms with van der Waals surface area (Å²) >= 11 is -2.08. The maximum absolute atomic E-state index is 13.2. The van der Waals surface area contributed by atoms with Gasteiger partial charge in [0.1, 0.15) is 17.9 Å². The second kappa shape index (κ2) is 24.9. The fraction of sp³-hybridized carbons (Fsp3) is 0.488. The van der Waals surface area contributed by atoms with Gasteiger partial charge in [-0.1, -0.05) is 140 Å². The van der Waals surface area contributed by atoms with Gasteiger partial charge in [0.15, 0.2) is 11.4 Å². The molecule has 0 aliphatic carbocycles. The van der Waals surface area contributed by atoms with Gasteiger partial charge in [0, 0.05) is 35.1 Å². The lowest BCUT2D eigenvalue weighted by atomic mass is 10.0. The van der Waals surface area contributed by atoms with Crippen molar-refractivity contribution in [1.82, 2.24) is 9.46 Å². The summed E-state index contributed by atoms with van der Waals surface area (Å²) < 4.78 is 35.5. The average Bonchev–Trinajstić information content (AvgIpc) is 3.48. The molecule has 0 fully saturated rings. The Morgan fingerprint density at radius 1 is 0.811 bits per heavy atom. The lowest BCUT2D eigenvalue weighted by molar-refractivity contribution is -0.384. The molecule has 0 saturated carbocycles. The Hall–Kier alpha value is -4.26. The van der Waals surface area contributed by atoms with Gasteiger partial charge in [-0.2, -0.15) is 0 Å². The van der Waals surface area contributed by atoms with Crippen LogP contribution in [0.2, 0.25) is 0 Å². The fourth-order valence-corrected chi connectivity index (χ4v) is 6.32. The number of anilines is 1. The van der Waals surface area contributed by atoms with Crippen molar-refractivity contribution in [1.29, 1.82) is 0 Å². The summed E-state index contributed by atoms with van der Waals surface area (Å²) in [6, 6.07) is 20.4. The maximum Gasteiger partial charge on any atom is 0.296 e. The Bertz CT molecular complexity index is 1710. The molecule has 53 heavy (non-hydrogen) atoms. The number of hydrogen-bond acceptors (Lipinski definition) is 8. The van der Waals surface area contributed by atoms with Crippen molar-refractivity contribution in [2.24, 2.45) is 0 Å². The number of nitro groups is 1. The van der Waals surface area contributed by atoms with Crippen LogP contribution in [0.1, 0.15) is 121 Å². The number of benzene rings is 3. The van der Waals surface area contributed by atoms with E-state index in [1.165, 1.54) is 102 Å². The lowest BCUT2D eigenvalue weighted by Crippen LogP contribution is -2.18. The van der Waals surface area contributed by atoms with Gasteiger partial charge < -0.3 is 19.5 Å². The van der Waals surface area contributed by atoms with E-state index in [1.54, 1.807) is 49.4 Å². The van der Waals surface area contributed by atoms with Crippen molar-refractivity contribution in [3.8, 4) is 22.8 Å². The number of aromatic nitrogens is 1. The predicted molar refractivity (Wildman–Crippen MR) is 213 cm³/mol. The molecular formula is C41H57N4O7S-. The van der Waals surface area contributed by atoms with Gasteiger partial charge in [-0.25, -0.2) is 4.72 Å². The summed E-state index contributed by atoms with van der Waals surface area (Å²) in [7, 11) is 0. The zero-order valence-corrected chi connectivity index (χ0v) is 32.2. The van der Waals surface area contributed by atoms with E-state index in [-0.39, 0.29) is 29.3 Å². The second-order valence-electron chi connectivity index (χ2n) is 13.4. The molecule has 12 heteroatoms. The summed E-state index contributed by atoms with van der Waals surface area (Å²) in [6.45, 7) is 4.52. The molecule has 0 saturated heterocycles. The number of rotatable bonds is 24. The second-order valence-corrected chi connectivity index (χ2v) is 14.2. The number of aryl methyl sites for hydroxylation is 1. The monoisotopic (exact) mass is 749 g/mol. The molecular weight excluding hydrogens is 693 g/mol. The number of nitrogens with two attached hydrogens (primary N) is 1. The standard InChI is InChI=1S/C23H19N3O5.C18H39NO2S/c1-15-7-12-20(21(13-15)26(28)29)25-23(27)19(14-30-18-10-8-17(24)9-11-18)22(31-25)16-5-3-2-4-6-16;1-2-3-4-5-6-7-8-9-10-11-12-13-14-15-16-17-18-19-22(20)21/h2-13H,14,24H2,1H3;19H,2-18H2,1H3,(H,20,21)/p-1. The third-order valence-electron chi connectivity index (χ3n) is 9.00. The van der Waals surface area contributed by atoms with Crippen molar-refractivity contribution in [3.63, 3.8) is 0 Å². The summed E-state index contributed by atoms with van der Waals surface area (Å²) in [5.41, 5.74) is 7.20. The van der Waals surface area contributed by atoms with Crippen molar-refractivity contribution < 1.29 is 22.9 Å². The highest BCUT2D eigenvalue weighted by Crippen LogP contribution is 2.29. The molecule has 0 aliphatic rings. The number of unbranched alkanes of at least 4 members (excludes halogenated alkanes) is 15. The largest absolute Gasteiger partial charge is 0.760 e. The van der Waals surface area contributed by atoms with Crippen LogP contribution >= 0.6 is 0 Å². The van der Waals surface area contributed by atoms with Crippen LogP contribution < -0.4 is 20.8 Å². The quantitative estimate of drug-likeness (QED) is 0.0235. The van der Waals surface area contributed by atoms with Gasteiger partial charge in [0.25, 0.3) is 11.2 Å². The van der Waals surface area contributed by atoms with E-state index < -0.39 is 21.7 Å². The average molecular weight is 750 g/mol. The van der Waals surface area contributed by atoms with Crippen LogP contribution in [-0.4, -0.2) is 25.0 Å². The molecule has 3 N–H and O–H groups in total. The predicted octanol–water partition coefficient (Wildman–Crippen LogP) is 10.1. The number of nitrogens with one attached hydrogen (secondary N) is 1. The summed E-state index contributed by atoms with van der Waals surface area (Å²) in [4.78, 5) is 24.3. The van der Waals surface area contributed by atoms with E-state index in [1.807, 2.05) is 18.2 Å². The molecule has 0 amide bonds. The first kappa shape index (κ1) is 43.1. The molecule has 4 aromatic rings. The Morgan fingerprint density at radius 2 is 1.36 bits per heavy atom. The molecule has 1 heterocycles. The maximum atomic E-state index is 13.2. The molecule has 11 nitrogen and oxygen atoms in total. The Kier molecular flexibility index (Phi) is 20.3. The van der Waals surface area contributed by atoms with E-state index >= 15 is 0 Å². The molecule has 1 aromatic heterocycles. The highest BCUT2D eigenvalue weighted by atomic mass is 32.2. The van der Waals surface area contributed by atoms with Crippen molar-refractivity contribution >= 4 is 22.6 Å². The van der Waals surface area contributed by atoms with E-state index in [0.717, 1.165) is 17.6 Å². The smallest absolute Gasteiger partial charge is 0.296 e. The minimum Gasteiger partial charge on any atom is -0.760 e. The van der Waals surface area contributed by atoms with Gasteiger partial charge in [-0.15, -0.1) is 4.74 Å². The van der Waals surface area contributed by atoms with Crippen LogP contribution in [0, 0.1) is 17.0 Å². The summed E-state index contributed by atoms with van der Waals surface area (Å²) in [6.07, 6.45) is 21.5. The van der Waals surface area contributed by atoms with Crippen LogP contribution in [0.3, 0.4) is 0 Å². The highest BCUT2D eigenvalue weighted by molar-refractivity contribution is 7.77. The minimum absolute atomic E-state index is 0.0523. The van der Waals surface area contributed by atoms with Crippen LogP contribution in [0.4, 0.5) is 11.4 Å². The first-order valence-electron chi connectivity index (χ1n) is 19.1. The molecule has 0 radical (unpaired) electrons. The summed E-state index contributed by atoms with van der Waals surface area (Å²) in [5.74, 6) is 0.817. The van der Waals surface area contributed by atoms with Gasteiger partial charge in [0.05, 0.1) is 4.92 Å². The van der Waals surface area contributed by atoms with E-state index in [2.05, 4.69) is 11.6 Å². The van der Waals surface area contributed by atoms with Crippen molar-refractivity contribution in [3.05, 3.63) is 104 Å². The summed E-state index contributed by atoms with van der Waals surface area (Å²) in [5, 5.41) is 11.6. The van der Waals surface area contributed by atoms with Crippen molar-refractivity contribution in [2.45, 2.75) is 123 Å². The normalized spacial score (nSPS) is 11.5. The molecule has 1 atom stereocenters. The number of nitrogens with zero attached hydrogens (tertiary/aromatic N) is 2. The third-order valence-corrected chi connectivity index (χ3v) is 9.44. The zero-order valence-electron chi connectivity index (χ0n) is 31.4. The Labute approximate surface area is 316 Å². The number of hydrogen-bond donors (Lipinski definition) is 2. The van der Waals surface area contributed by atoms with Crippen LogP contribution in [0.15, 0.2) is 82.1 Å². The molecule has 0 bridgehead atoms. The molecule has 0 spiro atoms. The van der Waals surface area contributed by atoms with Gasteiger partial charge in [-0.3, -0.25) is 19.1 Å². The van der Waals surface area contributed by atoms with E-state index in [0.29, 0.717) is 29.1 Å². The van der Waals surface area contributed by atoms with Crippen molar-refractivity contribution in [2.75, 3.05) is 12.3 Å². The lowest BCUT2D eigenvalue weighted by Gasteiger charge is -2.06. The SMILES string of the molecule is CCCCCCCCCCCCCCCCCCNS(=O)[O-].Cc1ccc(-n2oc(-c3ccccc3)c(COc3ccc(N)cc3)c2=O)c([N+](=O)[O-])c1. The topological polar surface area (TPSA) is 166 Å². The molecule has 1 unspecified atom stereocenters. The Balaban J connectivity index is 0.000000306. The third kappa shape index (κ3) is 16.1. The molecule has 3 aromatic carbocycles. The van der Waals surface area contributed by atoms with Gasteiger partial charge >= 0.3 is 0 Å². The van der Waals surface area contributed by atoms with Crippen LogP contribution in [0.25, 0.3) is 17.0 Å². The van der Waals surface area contributed by atoms with Crippen LogP contribution in [0.5, 0.6) is 5.75 Å². The van der Waals surface area contributed by atoms with E-state index in [9.17, 15) is 23.7 Å². The molecule has 0 aliphatic heterocycles. The zero-order chi connectivity index (χ0) is 38.3. The number of nitrogen functional groups attached to an aromatic ring is 1. The number of ether oxygens (including phenoxy) is 1. The molecule has 4 rings (SSSR count). The first-order chi connectivity index (χ1) is 25.7. The minimum atomic E-state index is -2.08. The highest BCUT2D eigenvalue weighted by Gasteiger charge is 2.25.